The highest BCUT2D eigenvalue weighted by Gasteiger charge is 2.32. The molecule has 0 bridgehead atoms. The summed E-state index contributed by atoms with van der Waals surface area (Å²) in [7, 11) is -4.05. The molecule has 3 rings (SSSR count). The van der Waals surface area contributed by atoms with Crippen molar-refractivity contribution in [2.75, 3.05) is 31.6 Å². The predicted octanol–water partition coefficient (Wildman–Crippen LogP) is 2.70. The van der Waals surface area contributed by atoms with Gasteiger partial charge in [-0.05, 0) is 43.2 Å². The molecule has 0 saturated carbocycles. The first kappa shape index (κ1) is 29.3. The Bertz CT molecular complexity index is 1200. The Morgan fingerprint density at radius 3 is 2.42 bits per heavy atom. The van der Waals surface area contributed by atoms with E-state index in [1.165, 1.54) is 31.2 Å². The number of rotatable bonds is 12. The van der Waals surface area contributed by atoms with Crippen molar-refractivity contribution in [3.63, 3.8) is 0 Å². The van der Waals surface area contributed by atoms with Gasteiger partial charge >= 0.3 is 6.09 Å². The Hall–Kier alpha value is -3.25. The number of ether oxygens (including phenoxy) is 2. The first-order valence-corrected chi connectivity index (χ1v) is 13.8. The lowest BCUT2D eigenvalue weighted by atomic mass is 10.0. The Balaban J connectivity index is 1.80. The van der Waals surface area contributed by atoms with Crippen molar-refractivity contribution in [2.24, 2.45) is 0 Å². The van der Waals surface area contributed by atoms with Crippen LogP contribution < -0.4 is 10.6 Å². The van der Waals surface area contributed by atoms with Gasteiger partial charge in [-0.15, -0.1) is 0 Å². The minimum absolute atomic E-state index is 0.00624. The van der Waals surface area contributed by atoms with E-state index in [0.717, 1.165) is 9.87 Å². The third-order valence-electron chi connectivity index (χ3n) is 5.88. The Morgan fingerprint density at radius 1 is 1.16 bits per heavy atom. The molecule has 1 fully saturated rings. The molecule has 2 aromatic carbocycles. The van der Waals surface area contributed by atoms with E-state index in [0.29, 0.717) is 30.9 Å². The number of hydrogen-bond acceptors (Lipinski definition) is 7. The molecule has 1 heterocycles. The fourth-order valence-corrected chi connectivity index (χ4v) is 5.56. The molecule has 1 saturated heterocycles. The summed E-state index contributed by atoms with van der Waals surface area (Å²) >= 11 is 0. The maximum Gasteiger partial charge on any atom is 0.407 e. The monoisotopic (exact) mass is 545 g/mol. The molecule has 3 N–H and O–H groups in total. The van der Waals surface area contributed by atoms with Crippen molar-refractivity contribution in [3.05, 3.63) is 72.3 Å². The van der Waals surface area contributed by atoms with Crippen LogP contribution in [-0.4, -0.2) is 74.4 Å². The fourth-order valence-electron chi connectivity index (χ4n) is 4.04. The number of aliphatic hydroxyl groups excluding tert-OH is 1. The number of nitrogens with zero attached hydrogens (tertiary/aromatic N) is 1. The molecule has 1 aliphatic heterocycles. The molecule has 0 unspecified atom stereocenters. The number of nitrogens with one attached hydrogen (secondary N) is 2. The summed E-state index contributed by atoms with van der Waals surface area (Å²) in [5.41, 5.74) is 1.88. The first-order valence-electron chi connectivity index (χ1n) is 12.3. The average Bonchev–Trinajstić information content (AvgIpc) is 3.36. The van der Waals surface area contributed by atoms with E-state index in [1.54, 1.807) is 6.92 Å². The molecule has 11 heteroatoms. The van der Waals surface area contributed by atoms with Crippen LogP contribution in [0.25, 0.3) is 0 Å². The van der Waals surface area contributed by atoms with Gasteiger partial charge in [0.15, 0.2) is 0 Å². The summed E-state index contributed by atoms with van der Waals surface area (Å²) in [5, 5.41) is 16.6. The Kier molecular flexibility index (Phi) is 10.4. The zero-order valence-electron chi connectivity index (χ0n) is 21.6. The lowest BCUT2D eigenvalue weighted by Crippen LogP contribution is -2.51. The molecule has 0 aliphatic carbocycles. The third-order valence-corrected chi connectivity index (χ3v) is 7.70. The number of anilines is 1. The molecule has 1 aliphatic rings. The van der Waals surface area contributed by atoms with Crippen LogP contribution in [0.2, 0.25) is 0 Å². The number of amides is 2. The van der Waals surface area contributed by atoms with Gasteiger partial charge in [0.2, 0.25) is 15.9 Å². The minimum atomic E-state index is -4.05. The minimum Gasteiger partial charge on any atom is -0.444 e. The summed E-state index contributed by atoms with van der Waals surface area (Å²) in [6.07, 6.45) is -1.50. The summed E-state index contributed by atoms with van der Waals surface area (Å²) in [6.45, 7) is 7.37. The van der Waals surface area contributed by atoms with E-state index >= 15 is 0 Å². The van der Waals surface area contributed by atoms with E-state index in [1.807, 2.05) is 30.3 Å². The smallest absolute Gasteiger partial charge is 0.407 e. The van der Waals surface area contributed by atoms with E-state index in [4.69, 9.17) is 9.47 Å². The van der Waals surface area contributed by atoms with Crippen molar-refractivity contribution in [2.45, 2.75) is 49.8 Å². The zero-order valence-corrected chi connectivity index (χ0v) is 22.4. The van der Waals surface area contributed by atoms with Gasteiger partial charge in [0.05, 0.1) is 30.3 Å². The summed E-state index contributed by atoms with van der Waals surface area (Å²) in [6, 6.07) is 14.2. The number of benzene rings is 2. The van der Waals surface area contributed by atoms with E-state index in [-0.39, 0.29) is 36.4 Å². The lowest BCUT2D eigenvalue weighted by Gasteiger charge is -2.30. The molecule has 0 aromatic heterocycles. The molecular weight excluding hydrogens is 510 g/mol. The lowest BCUT2D eigenvalue weighted by molar-refractivity contribution is -0.114. The third kappa shape index (κ3) is 8.66. The van der Waals surface area contributed by atoms with Crippen LogP contribution in [0.3, 0.4) is 0 Å². The molecule has 10 nitrogen and oxygen atoms in total. The number of alkyl carbamates (subject to hydrolysis) is 1. The van der Waals surface area contributed by atoms with Crippen LogP contribution in [0.15, 0.2) is 71.6 Å². The highest BCUT2D eigenvalue weighted by molar-refractivity contribution is 7.89. The van der Waals surface area contributed by atoms with Crippen LogP contribution in [-0.2, 0) is 30.7 Å². The van der Waals surface area contributed by atoms with Gasteiger partial charge in [0, 0.05) is 32.1 Å². The van der Waals surface area contributed by atoms with Gasteiger partial charge in [-0.2, -0.15) is 4.31 Å². The van der Waals surface area contributed by atoms with Gasteiger partial charge < -0.3 is 25.2 Å². The van der Waals surface area contributed by atoms with E-state index in [2.05, 4.69) is 17.2 Å². The van der Waals surface area contributed by atoms with Gasteiger partial charge in [-0.3, -0.25) is 4.79 Å². The summed E-state index contributed by atoms with van der Waals surface area (Å²) in [5.74, 6) is -0.274. The topological polar surface area (TPSA) is 134 Å². The summed E-state index contributed by atoms with van der Waals surface area (Å²) in [4.78, 5) is 23.9. The summed E-state index contributed by atoms with van der Waals surface area (Å²) < 4.78 is 38.8. The van der Waals surface area contributed by atoms with Crippen molar-refractivity contribution >= 4 is 27.7 Å². The molecule has 3 atom stereocenters. The highest BCUT2D eigenvalue weighted by Crippen LogP contribution is 2.21. The van der Waals surface area contributed by atoms with Crippen molar-refractivity contribution < 1.29 is 32.6 Å². The van der Waals surface area contributed by atoms with Gasteiger partial charge in [-0.1, -0.05) is 42.5 Å². The van der Waals surface area contributed by atoms with Crippen LogP contribution in [0, 0.1) is 0 Å². The molecule has 0 radical (unpaired) electrons. The predicted molar refractivity (Wildman–Crippen MR) is 143 cm³/mol. The molecule has 38 heavy (non-hydrogen) atoms. The van der Waals surface area contributed by atoms with Gasteiger partial charge in [0.25, 0.3) is 0 Å². The Labute approximate surface area is 223 Å². The largest absolute Gasteiger partial charge is 0.444 e. The van der Waals surface area contributed by atoms with Crippen molar-refractivity contribution in [1.29, 1.82) is 0 Å². The fraction of sp³-hybridized carbons (Fsp3) is 0.407. The van der Waals surface area contributed by atoms with Crippen LogP contribution in [0.1, 0.15) is 25.8 Å². The van der Waals surface area contributed by atoms with Crippen molar-refractivity contribution in [3.8, 4) is 0 Å². The maximum absolute atomic E-state index is 13.5. The standard InChI is InChI=1S/C27H35N3O7S/c1-19(2)16-30(38(34,35)24-11-9-22(10-12-24)28-20(3)31)17-26(32)25(15-21-7-5-4-6-8-21)29-27(33)37-23-13-14-36-18-23/h4-12,23,25-26,32H,1,13-18H2,2-3H3,(H,28,31)(H,29,33)/t23-,25-,26+/m0/s1. The van der Waals surface area contributed by atoms with E-state index < -0.39 is 28.3 Å². The second-order valence-corrected chi connectivity index (χ2v) is 11.3. The number of aliphatic hydroxyl groups is 1. The number of carbonyl (C=O) groups is 2. The normalized spacial score (nSPS) is 17.0. The van der Waals surface area contributed by atoms with Crippen molar-refractivity contribution in [1.82, 2.24) is 9.62 Å². The highest BCUT2D eigenvalue weighted by atomic mass is 32.2. The molecule has 0 spiro atoms. The van der Waals surface area contributed by atoms with Crippen LogP contribution in [0.4, 0.5) is 10.5 Å². The van der Waals surface area contributed by atoms with Gasteiger partial charge in [0.1, 0.15) is 6.10 Å². The second-order valence-electron chi connectivity index (χ2n) is 9.36. The van der Waals surface area contributed by atoms with Crippen LogP contribution in [0.5, 0.6) is 0 Å². The number of carbonyl (C=O) groups excluding carboxylic acids is 2. The maximum atomic E-state index is 13.5. The first-order chi connectivity index (χ1) is 18.0. The quantitative estimate of drug-likeness (QED) is 0.349. The molecule has 2 amide bonds. The molecule has 2 aromatic rings. The van der Waals surface area contributed by atoms with E-state index in [9.17, 15) is 23.1 Å². The Morgan fingerprint density at radius 2 is 1.84 bits per heavy atom. The van der Waals surface area contributed by atoms with Gasteiger partial charge in [-0.25, -0.2) is 13.2 Å². The van der Waals surface area contributed by atoms with Crippen LogP contribution >= 0.6 is 0 Å². The second kappa shape index (κ2) is 13.5. The average molecular weight is 546 g/mol. The molecule has 206 valence electrons. The molecular formula is C27H35N3O7S. The SMILES string of the molecule is C=C(C)CN(C[C@@H](O)[C@H](Cc1ccccc1)NC(=O)O[C@H]1CCOC1)S(=O)(=O)c1ccc(NC(C)=O)cc1. The number of sulfonamides is 1. The zero-order chi connectivity index (χ0) is 27.7. The number of hydrogen-bond donors (Lipinski definition) is 3.